The van der Waals surface area contributed by atoms with Crippen LogP contribution in [0.25, 0.3) is 11.3 Å². The second-order valence-electron chi connectivity index (χ2n) is 9.84. The van der Waals surface area contributed by atoms with Crippen molar-refractivity contribution in [1.29, 1.82) is 0 Å². The van der Waals surface area contributed by atoms with Gasteiger partial charge < -0.3 is 16.4 Å². The highest BCUT2D eigenvalue weighted by Crippen LogP contribution is 2.39. The molecule has 1 saturated heterocycles. The Bertz CT molecular complexity index is 1100. The number of hydrogen-bond acceptors (Lipinski definition) is 4. The fourth-order valence-electron chi connectivity index (χ4n) is 5.13. The van der Waals surface area contributed by atoms with E-state index in [1.165, 1.54) is 17.5 Å². The maximum atomic E-state index is 12.2. The molecule has 6 heteroatoms. The van der Waals surface area contributed by atoms with Gasteiger partial charge in [-0.25, -0.2) is 4.68 Å². The standard InChI is InChI=1S/C19H25N5O.C10H14/c1-12-2-4-14(5-3-12)17-16(18(20)25)19-22-11-8-15(24(19)23-17)13-6-9-21-10-7-13;1-3-9(2)10-7-5-4-6-8-10/h2-5,13,15,21-22H,6-11H2,1H3,(H2,20,25);4-9H,3H2,1-2H3/t15-;/m0./s1. The minimum Gasteiger partial charge on any atom is -0.370 e. The van der Waals surface area contributed by atoms with Crippen LogP contribution in [0.5, 0.6) is 0 Å². The molecule has 0 saturated carbocycles. The molecule has 35 heavy (non-hydrogen) atoms. The molecule has 5 rings (SSSR count). The molecular formula is C29H39N5O. The normalized spacial score (nSPS) is 18.5. The van der Waals surface area contributed by atoms with Crippen LogP contribution in [-0.2, 0) is 0 Å². The summed E-state index contributed by atoms with van der Waals surface area (Å²) in [6.45, 7) is 9.49. The van der Waals surface area contributed by atoms with Crippen LogP contribution in [0.4, 0.5) is 5.82 Å². The second kappa shape index (κ2) is 11.5. The number of rotatable bonds is 5. The molecule has 2 aliphatic heterocycles. The van der Waals surface area contributed by atoms with Gasteiger partial charge in [-0.05, 0) is 63.1 Å². The molecular weight excluding hydrogens is 434 g/mol. The molecule has 1 aromatic heterocycles. The summed E-state index contributed by atoms with van der Waals surface area (Å²) in [4.78, 5) is 12.2. The molecule has 4 N–H and O–H groups in total. The molecule has 1 unspecified atom stereocenters. The number of primary amides is 1. The average molecular weight is 474 g/mol. The van der Waals surface area contributed by atoms with Crippen molar-refractivity contribution in [1.82, 2.24) is 15.1 Å². The van der Waals surface area contributed by atoms with Crippen LogP contribution in [0.3, 0.4) is 0 Å². The molecule has 2 aliphatic rings. The quantitative estimate of drug-likeness (QED) is 0.456. The van der Waals surface area contributed by atoms with E-state index in [0.29, 0.717) is 29.1 Å². The van der Waals surface area contributed by atoms with Crippen LogP contribution in [-0.4, -0.2) is 35.3 Å². The summed E-state index contributed by atoms with van der Waals surface area (Å²) in [5.41, 5.74) is 10.5. The number of carbonyl (C=O) groups is 1. The number of fused-ring (bicyclic) bond motifs is 1. The zero-order valence-electron chi connectivity index (χ0n) is 21.3. The summed E-state index contributed by atoms with van der Waals surface area (Å²) in [6.07, 6.45) is 4.56. The van der Waals surface area contributed by atoms with E-state index in [9.17, 15) is 4.79 Å². The van der Waals surface area contributed by atoms with E-state index < -0.39 is 5.91 Å². The molecule has 6 nitrogen and oxygen atoms in total. The highest BCUT2D eigenvalue weighted by atomic mass is 16.1. The number of nitrogens with two attached hydrogens (primary N) is 1. The smallest absolute Gasteiger partial charge is 0.254 e. The molecule has 186 valence electrons. The first kappa shape index (κ1) is 25.0. The molecule has 0 aliphatic carbocycles. The van der Waals surface area contributed by atoms with Crippen LogP contribution in [0.1, 0.15) is 73.0 Å². The minimum atomic E-state index is -0.421. The van der Waals surface area contributed by atoms with Gasteiger partial charge in [0.25, 0.3) is 5.91 Å². The number of anilines is 1. The molecule has 0 radical (unpaired) electrons. The summed E-state index contributed by atoms with van der Waals surface area (Å²) >= 11 is 0. The number of aryl methyl sites for hydroxylation is 1. The predicted octanol–water partition coefficient (Wildman–Crippen LogP) is 5.51. The summed E-state index contributed by atoms with van der Waals surface area (Å²) in [7, 11) is 0. The molecule has 2 atom stereocenters. The Morgan fingerprint density at radius 3 is 2.37 bits per heavy atom. The van der Waals surface area contributed by atoms with Gasteiger partial charge in [-0.15, -0.1) is 0 Å². The van der Waals surface area contributed by atoms with Crippen LogP contribution in [0.15, 0.2) is 54.6 Å². The van der Waals surface area contributed by atoms with E-state index in [1.54, 1.807) is 0 Å². The van der Waals surface area contributed by atoms with Gasteiger partial charge >= 0.3 is 0 Å². The fraction of sp³-hybridized carbons (Fsp3) is 0.448. The van der Waals surface area contributed by atoms with E-state index in [0.717, 1.165) is 50.3 Å². The summed E-state index contributed by atoms with van der Waals surface area (Å²) in [5, 5.41) is 11.7. The lowest BCUT2D eigenvalue weighted by Gasteiger charge is -2.34. The highest BCUT2D eigenvalue weighted by molar-refractivity contribution is 6.03. The third kappa shape index (κ3) is 5.76. The summed E-state index contributed by atoms with van der Waals surface area (Å²) in [5.74, 6) is 1.67. The van der Waals surface area contributed by atoms with Crippen LogP contribution >= 0.6 is 0 Å². The molecule has 0 bridgehead atoms. The van der Waals surface area contributed by atoms with Crippen LogP contribution in [0, 0.1) is 12.8 Å². The maximum Gasteiger partial charge on any atom is 0.254 e. The Morgan fingerprint density at radius 2 is 1.74 bits per heavy atom. The second-order valence-corrected chi connectivity index (χ2v) is 9.84. The molecule has 1 amide bonds. The number of carbonyl (C=O) groups excluding carboxylic acids is 1. The van der Waals surface area contributed by atoms with Crippen molar-refractivity contribution >= 4 is 11.7 Å². The van der Waals surface area contributed by atoms with E-state index in [4.69, 9.17) is 10.8 Å². The molecule has 3 aromatic rings. The van der Waals surface area contributed by atoms with Crippen molar-refractivity contribution in [3.63, 3.8) is 0 Å². The molecule has 1 fully saturated rings. The van der Waals surface area contributed by atoms with Gasteiger partial charge in [-0.2, -0.15) is 5.10 Å². The monoisotopic (exact) mass is 473 g/mol. The largest absolute Gasteiger partial charge is 0.370 e. The Morgan fingerprint density at radius 1 is 1.06 bits per heavy atom. The fourth-order valence-corrected chi connectivity index (χ4v) is 5.13. The first-order chi connectivity index (χ1) is 17.0. The van der Waals surface area contributed by atoms with Gasteiger partial charge in [-0.3, -0.25) is 4.79 Å². The van der Waals surface area contributed by atoms with Crippen LogP contribution in [0.2, 0.25) is 0 Å². The topological polar surface area (TPSA) is 85.0 Å². The third-order valence-electron chi connectivity index (χ3n) is 7.44. The SMILES string of the molecule is CCC(C)c1ccccc1.Cc1ccc(-c2nn3c(c2C(N)=O)NCC[C@H]3C2CCNCC2)cc1. The Hall–Kier alpha value is -3.12. The summed E-state index contributed by atoms with van der Waals surface area (Å²) < 4.78 is 2.04. The number of hydrogen-bond donors (Lipinski definition) is 3. The van der Waals surface area contributed by atoms with Gasteiger partial charge in [0, 0.05) is 12.1 Å². The zero-order valence-corrected chi connectivity index (χ0v) is 21.3. The minimum absolute atomic E-state index is 0.329. The van der Waals surface area contributed by atoms with Crippen molar-refractivity contribution in [2.24, 2.45) is 11.7 Å². The van der Waals surface area contributed by atoms with Gasteiger partial charge in [-0.1, -0.05) is 74.0 Å². The van der Waals surface area contributed by atoms with Gasteiger partial charge in [0.15, 0.2) is 0 Å². The maximum absolute atomic E-state index is 12.2. The lowest BCUT2D eigenvalue weighted by Crippen LogP contribution is -2.36. The molecule has 3 heterocycles. The summed E-state index contributed by atoms with van der Waals surface area (Å²) in [6, 6.07) is 19.1. The van der Waals surface area contributed by atoms with Crippen molar-refractivity contribution in [2.75, 3.05) is 25.0 Å². The first-order valence-corrected chi connectivity index (χ1v) is 13.0. The third-order valence-corrected chi connectivity index (χ3v) is 7.44. The van der Waals surface area contributed by atoms with Crippen molar-refractivity contribution in [2.45, 2.75) is 58.4 Å². The number of amides is 1. The molecule has 2 aromatic carbocycles. The lowest BCUT2D eigenvalue weighted by molar-refractivity contribution is 0.100. The van der Waals surface area contributed by atoms with Crippen molar-refractivity contribution in [3.05, 3.63) is 71.3 Å². The van der Waals surface area contributed by atoms with E-state index in [1.807, 2.05) is 35.9 Å². The highest BCUT2D eigenvalue weighted by Gasteiger charge is 2.34. The van der Waals surface area contributed by atoms with Gasteiger partial charge in [0.1, 0.15) is 17.1 Å². The number of nitrogens with one attached hydrogen (secondary N) is 2. The van der Waals surface area contributed by atoms with E-state index in [2.05, 4.69) is 54.8 Å². The van der Waals surface area contributed by atoms with Gasteiger partial charge in [0.2, 0.25) is 0 Å². The van der Waals surface area contributed by atoms with E-state index >= 15 is 0 Å². The first-order valence-electron chi connectivity index (χ1n) is 13.0. The number of piperidine rings is 1. The Kier molecular flexibility index (Phi) is 8.24. The number of benzene rings is 2. The van der Waals surface area contributed by atoms with Crippen LogP contribution < -0.4 is 16.4 Å². The van der Waals surface area contributed by atoms with E-state index in [-0.39, 0.29) is 0 Å². The number of aromatic nitrogens is 2. The van der Waals surface area contributed by atoms with Crippen molar-refractivity contribution < 1.29 is 4.79 Å². The Balaban J connectivity index is 0.000000243. The lowest BCUT2D eigenvalue weighted by atomic mass is 9.87. The zero-order chi connectivity index (χ0) is 24.8. The molecule has 0 spiro atoms. The Labute approximate surface area is 209 Å². The van der Waals surface area contributed by atoms with Crippen molar-refractivity contribution in [3.8, 4) is 11.3 Å². The predicted molar refractivity (Wildman–Crippen MR) is 144 cm³/mol. The van der Waals surface area contributed by atoms with Gasteiger partial charge in [0.05, 0.1) is 6.04 Å². The average Bonchev–Trinajstić information content (AvgIpc) is 3.30. The number of nitrogens with zero attached hydrogens (tertiary/aromatic N) is 2.